The van der Waals surface area contributed by atoms with E-state index < -0.39 is 0 Å². The first-order chi connectivity index (χ1) is 5.33. The topological polar surface area (TPSA) is 24.8 Å². The molecule has 1 aliphatic heterocycles. The lowest BCUT2D eigenvalue weighted by molar-refractivity contribution is 0.215. The third kappa shape index (κ3) is 5.91. The predicted molar refractivity (Wildman–Crippen MR) is 60.2 cm³/mol. The maximum absolute atomic E-state index is 4.59. The molecular formula is C8H16Cl2N2O. The highest BCUT2D eigenvalue weighted by Crippen LogP contribution is 2.04. The molecule has 0 unspecified atom stereocenters. The van der Waals surface area contributed by atoms with Gasteiger partial charge in [-0.05, 0) is 19.0 Å². The van der Waals surface area contributed by atoms with Crippen LogP contribution in [0.25, 0.3) is 0 Å². The molecule has 0 aromatic heterocycles. The third-order valence-electron chi connectivity index (χ3n) is 1.69. The summed E-state index contributed by atoms with van der Waals surface area (Å²) in [6, 6.07) is 0. The van der Waals surface area contributed by atoms with Gasteiger partial charge in [-0.15, -0.1) is 24.8 Å². The summed E-state index contributed by atoms with van der Waals surface area (Å²) in [5.74, 6) is 0. The molecule has 0 bridgehead atoms. The van der Waals surface area contributed by atoms with Crippen molar-refractivity contribution in [2.24, 2.45) is 5.16 Å². The molecule has 0 fully saturated rings. The molecule has 0 N–H and O–H groups in total. The maximum Gasteiger partial charge on any atom is 0.106 e. The lowest BCUT2D eigenvalue weighted by Crippen LogP contribution is -2.25. The minimum absolute atomic E-state index is 0. The summed E-state index contributed by atoms with van der Waals surface area (Å²) in [7, 11) is 3.66. The molecule has 0 aromatic rings. The summed E-state index contributed by atoms with van der Waals surface area (Å²) >= 11 is 0. The van der Waals surface area contributed by atoms with Crippen LogP contribution < -0.4 is 0 Å². The number of halogens is 2. The molecule has 0 spiro atoms. The van der Waals surface area contributed by atoms with E-state index >= 15 is 0 Å². The summed E-state index contributed by atoms with van der Waals surface area (Å²) in [6.45, 7) is 2.12. The lowest BCUT2D eigenvalue weighted by atomic mass is 10.1. The molecule has 0 radical (unpaired) electrons. The quantitative estimate of drug-likeness (QED) is 0.530. The Morgan fingerprint density at radius 1 is 1.54 bits per heavy atom. The van der Waals surface area contributed by atoms with Crippen molar-refractivity contribution in [3.8, 4) is 0 Å². The monoisotopic (exact) mass is 226 g/mol. The highest BCUT2D eigenvalue weighted by Gasteiger charge is 2.05. The Balaban J connectivity index is 0. The van der Waals surface area contributed by atoms with Crippen LogP contribution >= 0.6 is 24.8 Å². The summed E-state index contributed by atoms with van der Waals surface area (Å²) in [5.41, 5.74) is 1.24. The van der Waals surface area contributed by atoms with Crippen molar-refractivity contribution >= 4 is 31.0 Å². The Morgan fingerprint density at radius 3 is 2.77 bits per heavy atom. The van der Waals surface area contributed by atoms with Crippen molar-refractivity contribution < 1.29 is 4.84 Å². The number of oxime groups is 1. The van der Waals surface area contributed by atoms with Crippen molar-refractivity contribution in [3.63, 3.8) is 0 Å². The van der Waals surface area contributed by atoms with Crippen molar-refractivity contribution in [1.82, 2.24) is 4.90 Å². The zero-order valence-corrected chi connectivity index (χ0v) is 9.53. The van der Waals surface area contributed by atoms with Crippen LogP contribution in [0.3, 0.4) is 0 Å². The Kier molecular flexibility index (Phi) is 9.79. The molecule has 1 aliphatic rings. The van der Waals surface area contributed by atoms with E-state index in [1.807, 2.05) is 0 Å². The van der Waals surface area contributed by atoms with Gasteiger partial charge in [-0.2, -0.15) is 0 Å². The van der Waals surface area contributed by atoms with Gasteiger partial charge in [0.05, 0.1) is 6.21 Å². The van der Waals surface area contributed by atoms with E-state index in [9.17, 15) is 0 Å². The fraction of sp³-hybridized carbons (Fsp3) is 0.625. The number of likely N-dealkylation sites (N-methyl/N-ethyl adjacent to an activating group) is 1. The predicted octanol–water partition coefficient (Wildman–Crippen LogP) is 1.72. The summed E-state index contributed by atoms with van der Waals surface area (Å²) in [4.78, 5) is 6.85. The van der Waals surface area contributed by atoms with Crippen LogP contribution in [0.4, 0.5) is 0 Å². The van der Waals surface area contributed by atoms with Crippen molar-refractivity contribution in [2.45, 2.75) is 6.42 Å². The van der Waals surface area contributed by atoms with E-state index in [1.165, 1.54) is 5.57 Å². The third-order valence-corrected chi connectivity index (χ3v) is 1.69. The van der Waals surface area contributed by atoms with Crippen LogP contribution in [-0.2, 0) is 4.84 Å². The smallest absolute Gasteiger partial charge is 0.106 e. The molecular weight excluding hydrogens is 211 g/mol. The highest BCUT2D eigenvalue weighted by atomic mass is 35.5. The first-order valence-electron chi connectivity index (χ1n) is 3.77. The van der Waals surface area contributed by atoms with Crippen molar-refractivity contribution in [3.05, 3.63) is 11.6 Å². The van der Waals surface area contributed by atoms with Crippen LogP contribution in [-0.4, -0.2) is 38.4 Å². The van der Waals surface area contributed by atoms with Gasteiger partial charge in [0.15, 0.2) is 0 Å². The van der Waals surface area contributed by atoms with Crippen LogP contribution in [0, 0.1) is 0 Å². The minimum Gasteiger partial charge on any atom is -0.399 e. The van der Waals surface area contributed by atoms with Crippen LogP contribution in [0.2, 0.25) is 0 Å². The standard InChI is InChI=1S/C8H14N2O.2ClH/c1-10-5-3-4-8(7-10)6-9-11-2;;/h4,6H,3,5,7H2,1-2H3;2*1H/b9-6+;;. The molecule has 1 heterocycles. The zero-order chi connectivity index (χ0) is 8.10. The van der Waals surface area contributed by atoms with Gasteiger partial charge in [-0.3, -0.25) is 0 Å². The van der Waals surface area contributed by atoms with Gasteiger partial charge in [0.1, 0.15) is 7.11 Å². The fourth-order valence-electron chi connectivity index (χ4n) is 1.14. The van der Waals surface area contributed by atoms with E-state index in [-0.39, 0.29) is 24.8 Å². The molecule has 0 aromatic carbocycles. The van der Waals surface area contributed by atoms with E-state index in [1.54, 1.807) is 13.3 Å². The molecule has 1 rings (SSSR count). The van der Waals surface area contributed by atoms with E-state index in [2.05, 4.69) is 28.0 Å². The molecule has 0 amide bonds. The summed E-state index contributed by atoms with van der Waals surface area (Å²) in [6.07, 6.45) is 5.08. The minimum atomic E-state index is 0. The Labute approximate surface area is 91.6 Å². The maximum atomic E-state index is 4.59. The summed E-state index contributed by atoms with van der Waals surface area (Å²) < 4.78 is 0. The molecule has 3 nitrogen and oxygen atoms in total. The highest BCUT2D eigenvalue weighted by molar-refractivity contribution is 5.85. The number of hydrogen-bond donors (Lipinski definition) is 0. The second-order valence-corrected chi connectivity index (χ2v) is 2.72. The first-order valence-corrected chi connectivity index (χ1v) is 3.77. The molecule has 0 saturated carbocycles. The average molecular weight is 227 g/mol. The van der Waals surface area contributed by atoms with Crippen LogP contribution in [0.15, 0.2) is 16.8 Å². The largest absolute Gasteiger partial charge is 0.399 e. The first kappa shape index (κ1) is 15.2. The van der Waals surface area contributed by atoms with Gasteiger partial charge in [-0.1, -0.05) is 11.2 Å². The second-order valence-electron chi connectivity index (χ2n) is 2.72. The number of hydrogen-bond acceptors (Lipinski definition) is 3. The fourth-order valence-corrected chi connectivity index (χ4v) is 1.14. The van der Waals surface area contributed by atoms with Crippen LogP contribution in [0.1, 0.15) is 6.42 Å². The average Bonchev–Trinajstić information content (AvgIpc) is 2.01. The Hall–Kier alpha value is -0.250. The summed E-state index contributed by atoms with van der Waals surface area (Å²) in [5, 5.41) is 3.71. The SMILES string of the molecule is CO/N=C/C1=CCCN(C)C1.Cl.Cl. The van der Waals surface area contributed by atoms with Gasteiger partial charge in [0.2, 0.25) is 0 Å². The van der Waals surface area contributed by atoms with Crippen molar-refractivity contribution in [2.75, 3.05) is 27.2 Å². The van der Waals surface area contributed by atoms with Gasteiger partial charge in [0.25, 0.3) is 0 Å². The second kappa shape index (κ2) is 8.35. The number of nitrogens with zero attached hydrogens (tertiary/aromatic N) is 2. The zero-order valence-electron chi connectivity index (χ0n) is 7.90. The Morgan fingerprint density at radius 2 is 2.23 bits per heavy atom. The normalized spacial score (nSPS) is 17.2. The molecule has 0 aliphatic carbocycles. The molecule has 13 heavy (non-hydrogen) atoms. The Bertz CT molecular complexity index is 183. The van der Waals surface area contributed by atoms with E-state index in [0.29, 0.717) is 0 Å². The van der Waals surface area contributed by atoms with Crippen molar-refractivity contribution in [1.29, 1.82) is 0 Å². The lowest BCUT2D eigenvalue weighted by Gasteiger charge is -2.20. The van der Waals surface area contributed by atoms with E-state index in [0.717, 1.165) is 19.5 Å². The van der Waals surface area contributed by atoms with Crippen LogP contribution in [0.5, 0.6) is 0 Å². The molecule has 5 heteroatoms. The molecule has 0 saturated heterocycles. The van der Waals surface area contributed by atoms with Gasteiger partial charge < -0.3 is 9.74 Å². The molecule has 78 valence electrons. The van der Waals surface area contributed by atoms with Gasteiger partial charge in [0, 0.05) is 13.1 Å². The number of rotatable bonds is 2. The van der Waals surface area contributed by atoms with Gasteiger partial charge in [-0.25, -0.2) is 0 Å². The molecule has 0 atom stereocenters. The van der Waals surface area contributed by atoms with E-state index in [4.69, 9.17) is 0 Å². The van der Waals surface area contributed by atoms with Gasteiger partial charge >= 0.3 is 0 Å².